The van der Waals surface area contributed by atoms with Crippen LogP contribution in [0.4, 0.5) is 5.69 Å². The highest BCUT2D eigenvalue weighted by Gasteiger charge is 2.17. The number of benzene rings is 1. The quantitative estimate of drug-likeness (QED) is 0.543. The summed E-state index contributed by atoms with van der Waals surface area (Å²) in [5.41, 5.74) is -0.244. The monoisotopic (exact) mass is 402 g/mol. The van der Waals surface area contributed by atoms with Gasteiger partial charge in [0.05, 0.1) is 22.1 Å². The number of H-pyrrole nitrogens is 2. The number of anilines is 1. The van der Waals surface area contributed by atoms with Gasteiger partial charge in [-0.3, -0.25) is 14.6 Å². The van der Waals surface area contributed by atoms with Crippen LogP contribution in [0.2, 0.25) is 0 Å². The largest absolute Gasteiger partial charge is 0.494 e. The number of rotatable bonds is 6. The molecule has 0 aliphatic rings. The summed E-state index contributed by atoms with van der Waals surface area (Å²) in [5.74, 6) is 0.433. The van der Waals surface area contributed by atoms with Crippen molar-refractivity contribution in [2.75, 3.05) is 17.7 Å². The van der Waals surface area contributed by atoms with Crippen LogP contribution in [-0.4, -0.2) is 28.2 Å². The van der Waals surface area contributed by atoms with Crippen LogP contribution >= 0.6 is 23.1 Å². The number of hydrogen-bond donors (Lipinski definition) is 3. The molecule has 3 aromatic rings. The Balaban J connectivity index is 1.75. The van der Waals surface area contributed by atoms with Crippen LogP contribution < -0.4 is 21.3 Å². The molecule has 0 bridgehead atoms. The first-order valence-electron chi connectivity index (χ1n) is 7.86. The summed E-state index contributed by atoms with van der Waals surface area (Å²) in [6, 6.07) is 9.02. The number of carbonyl (C=O) groups excluding carboxylic acids is 1. The molecular formula is C17H14N4O4S2. The minimum Gasteiger partial charge on any atom is -0.494 e. The van der Waals surface area contributed by atoms with Crippen molar-refractivity contribution in [3.05, 3.63) is 50.7 Å². The van der Waals surface area contributed by atoms with E-state index < -0.39 is 11.2 Å². The maximum atomic E-state index is 12.2. The number of nitriles is 1. The van der Waals surface area contributed by atoms with Gasteiger partial charge in [-0.05, 0) is 19.1 Å². The van der Waals surface area contributed by atoms with E-state index in [1.807, 2.05) is 13.0 Å². The minimum absolute atomic E-state index is 0.0441. The number of aromatic nitrogens is 2. The number of amides is 1. The van der Waals surface area contributed by atoms with Crippen molar-refractivity contribution in [1.29, 1.82) is 5.26 Å². The summed E-state index contributed by atoms with van der Waals surface area (Å²) in [5, 5.41) is 12.1. The number of aromatic amines is 2. The molecule has 8 nitrogen and oxygen atoms in total. The Morgan fingerprint density at radius 3 is 2.93 bits per heavy atom. The van der Waals surface area contributed by atoms with Gasteiger partial charge in [0.15, 0.2) is 0 Å². The SMILES string of the molecule is CCOc1cccc(NC(=O)CSc2sc3c(=O)[nH]c(=O)[nH]c3c2C#N)c1. The molecule has 0 fully saturated rings. The van der Waals surface area contributed by atoms with Gasteiger partial charge < -0.3 is 15.0 Å². The summed E-state index contributed by atoms with van der Waals surface area (Å²) in [7, 11) is 0. The Morgan fingerprint density at radius 2 is 2.19 bits per heavy atom. The first kappa shape index (κ1) is 18.8. The third-order valence-corrected chi connectivity index (χ3v) is 5.88. The Morgan fingerprint density at radius 1 is 1.37 bits per heavy atom. The molecule has 0 aliphatic carbocycles. The second-order valence-electron chi connectivity index (χ2n) is 5.29. The van der Waals surface area contributed by atoms with Crippen LogP contribution in [0.5, 0.6) is 5.75 Å². The van der Waals surface area contributed by atoms with Gasteiger partial charge in [0.1, 0.15) is 22.1 Å². The zero-order chi connectivity index (χ0) is 19.4. The zero-order valence-electron chi connectivity index (χ0n) is 14.1. The van der Waals surface area contributed by atoms with Gasteiger partial charge >= 0.3 is 5.69 Å². The smallest absolute Gasteiger partial charge is 0.326 e. The van der Waals surface area contributed by atoms with E-state index in [0.717, 1.165) is 23.1 Å². The van der Waals surface area contributed by atoms with Crippen molar-refractivity contribution in [3.8, 4) is 11.8 Å². The van der Waals surface area contributed by atoms with Gasteiger partial charge in [-0.15, -0.1) is 23.1 Å². The van der Waals surface area contributed by atoms with E-state index in [4.69, 9.17) is 4.74 Å². The maximum absolute atomic E-state index is 12.2. The highest BCUT2D eigenvalue weighted by molar-refractivity contribution is 8.02. The van der Waals surface area contributed by atoms with Crippen LogP contribution in [0.3, 0.4) is 0 Å². The van der Waals surface area contributed by atoms with Crippen LogP contribution in [0.1, 0.15) is 12.5 Å². The number of carbonyl (C=O) groups is 1. The van der Waals surface area contributed by atoms with Crippen LogP contribution in [0.25, 0.3) is 10.2 Å². The van der Waals surface area contributed by atoms with E-state index in [1.165, 1.54) is 0 Å². The second kappa shape index (κ2) is 8.11. The molecule has 3 N–H and O–H groups in total. The number of hydrogen-bond acceptors (Lipinski definition) is 7. The van der Waals surface area contributed by atoms with Gasteiger partial charge in [0, 0.05) is 11.8 Å². The average Bonchev–Trinajstić information content (AvgIpc) is 2.98. The van der Waals surface area contributed by atoms with E-state index >= 15 is 0 Å². The first-order valence-corrected chi connectivity index (χ1v) is 9.66. The minimum atomic E-state index is -0.676. The predicted molar refractivity (Wildman–Crippen MR) is 105 cm³/mol. The van der Waals surface area contributed by atoms with Crippen molar-refractivity contribution in [1.82, 2.24) is 9.97 Å². The fourth-order valence-electron chi connectivity index (χ4n) is 2.36. The van der Waals surface area contributed by atoms with Crippen LogP contribution in [0, 0.1) is 11.3 Å². The lowest BCUT2D eigenvalue weighted by Crippen LogP contribution is -2.20. The van der Waals surface area contributed by atoms with E-state index in [0.29, 0.717) is 22.3 Å². The van der Waals surface area contributed by atoms with Crippen molar-refractivity contribution >= 4 is 44.9 Å². The Bertz CT molecular complexity index is 1160. The highest BCUT2D eigenvalue weighted by atomic mass is 32.2. The Hall–Kier alpha value is -3.03. The van der Waals surface area contributed by atoms with E-state index in [1.54, 1.807) is 24.3 Å². The lowest BCUT2D eigenvalue weighted by atomic mass is 10.3. The summed E-state index contributed by atoms with van der Waals surface area (Å²) in [6.45, 7) is 2.40. The number of ether oxygens (including phenoxy) is 1. The summed E-state index contributed by atoms with van der Waals surface area (Å²) >= 11 is 2.20. The van der Waals surface area contributed by atoms with E-state index in [-0.39, 0.29) is 27.4 Å². The maximum Gasteiger partial charge on any atom is 0.326 e. The normalized spacial score (nSPS) is 10.5. The lowest BCUT2D eigenvalue weighted by molar-refractivity contribution is -0.113. The number of nitrogens with one attached hydrogen (secondary N) is 3. The molecule has 0 aliphatic heterocycles. The molecule has 0 unspecified atom stereocenters. The molecule has 1 aromatic carbocycles. The van der Waals surface area contributed by atoms with Crippen molar-refractivity contribution in [2.45, 2.75) is 11.1 Å². The summed E-state index contributed by atoms with van der Waals surface area (Å²) in [4.78, 5) is 40.1. The predicted octanol–water partition coefficient (Wildman–Crippen LogP) is 2.28. The summed E-state index contributed by atoms with van der Waals surface area (Å²) in [6.07, 6.45) is 0. The fourth-order valence-corrected chi connectivity index (χ4v) is 4.48. The molecule has 0 radical (unpaired) electrons. The number of fused-ring (bicyclic) bond motifs is 1. The lowest BCUT2D eigenvalue weighted by Gasteiger charge is -2.07. The molecule has 0 spiro atoms. The van der Waals surface area contributed by atoms with Crippen LogP contribution in [-0.2, 0) is 4.79 Å². The molecule has 0 atom stereocenters. The van der Waals surface area contributed by atoms with Gasteiger partial charge in [0.2, 0.25) is 5.91 Å². The van der Waals surface area contributed by atoms with Gasteiger partial charge in [-0.25, -0.2) is 4.79 Å². The molecule has 0 saturated carbocycles. The molecule has 138 valence electrons. The van der Waals surface area contributed by atoms with Crippen molar-refractivity contribution < 1.29 is 9.53 Å². The van der Waals surface area contributed by atoms with E-state index in [9.17, 15) is 19.6 Å². The molecule has 27 heavy (non-hydrogen) atoms. The number of nitrogens with zero attached hydrogens (tertiary/aromatic N) is 1. The first-order chi connectivity index (χ1) is 13.0. The standard InChI is InChI=1S/C17H14N4O4S2/c1-2-25-10-5-3-4-9(6-10)19-12(22)8-26-16-11(7-18)13-14(27-16)15(23)21-17(24)20-13/h3-6H,2,8H2,1H3,(H,19,22)(H2,20,21,23,24). The number of thioether (sulfide) groups is 1. The van der Waals surface area contributed by atoms with Crippen molar-refractivity contribution in [2.24, 2.45) is 0 Å². The molecule has 10 heteroatoms. The molecule has 3 rings (SSSR count). The average molecular weight is 402 g/mol. The zero-order valence-corrected chi connectivity index (χ0v) is 15.8. The van der Waals surface area contributed by atoms with Crippen LogP contribution in [0.15, 0.2) is 38.1 Å². The second-order valence-corrected chi connectivity index (χ2v) is 7.55. The molecule has 2 heterocycles. The third-order valence-electron chi connectivity index (χ3n) is 3.42. The fraction of sp³-hybridized carbons (Fsp3) is 0.176. The molecule has 0 saturated heterocycles. The summed E-state index contributed by atoms with van der Waals surface area (Å²) < 4.78 is 6.14. The number of thiophene rings is 1. The van der Waals surface area contributed by atoms with E-state index in [2.05, 4.69) is 15.3 Å². The molecule has 1 amide bonds. The Labute approximate surface area is 161 Å². The molecule has 2 aromatic heterocycles. The van der Waals surface area contributed by atoms with Gasteiger partial charge in [-0.1, -0.05) is 6.07 Å². The third kappa shape index (κ3) is 4.21. The Kier molecular flexibility index (Phi) is 5.63. The van der Waals surface area contributed by atoms with Crippen molar-refractivity contribution in [3.63, 3.8) is 0 Å². The highest BCUT2D eigenvalue weighted by Crippen LogP contribution is 2.34. The molecular weight excluding hydrogens is 388 g/mol. The van der Waals surface area contributed by atoms with Gasteiger partial charge in [0.25, 0.3) is 5.56 Å². The van der Waals surface area contributed by atoms with Gasteiger partial charge in [-0.2, -0.15) is 5.26 Å². The topological polar surface area (TPSA) is 128 Å².